The maximum atomic E-state index is 12.7. The predicted molar refractivity (Wildman–Crippen MR) is 146 cm³/mol. The molecule has 2 aliphatic rings. The molecule has 36 heavy (non-hydrogen) atoms. The van der Waals surface area contributed by atoms with Crippen molar-refractivity contribution < 1.29 is 9.53 Å². The SMILES string of the molecule is CC(C)(C)c1cc(C(=O)N=C2NCCN2)ccc1Nc1cccc(C(=N)NCCC2CCCCO2)c1. The van der Waals surface area contributed by atoms with Crippen LogP contribution in [0, 0.1) is 5.41 Å². The second kappa shape index (κ2) is 11.6. The van der Waals surface area contributed by atoms with Crippen LogP contribution in [0.3, 0.4) is 0 Å². The summed E-state index contributed by atoms with van der Waals surface area (Å²) in [6, 6.07) is 13.5. The molecule has 0 aliphatic carbocycles. The third-order valence-electron chi connectivity index (χ3n) is 6.47. The number of carbonyl (C=O) groups excluding carboxylic acids is 1. The van der Waals surface area contributed by atoms with Crippen molar-refractivity contribution in [1.29, 1.82) is 5.41 Å². The summed E-state index contributed by atoms with van der Waals surface area (Å²) in [5.74, 6) is 0.655. The molecule has 1 amide bonds. The van der Waals surface area contributed by atoms with Gasteiger partial charge in [-0.15, -0.1) is 0 Å². The largest absolute Gasteiger partial charge is 0.378 e. The van der Waals surface area contributed by atoms with E-state index in [4.69, 9.17) is 10.1 Å². The van der Waals surface area contributed by atoms with E-state index < -0.39 is 0 Å². The van der Waals surface area contributed by atoms with Crippen molar-refractivity contribution >= 4 is 29.1 Å². The number of nitrogens with one attached hydrogen (secondary N) is 5. The fraction of sp³-hybridized carbons (Fsp3) is 0.464. The first-order valence-corrected chi connectivity index (χ1v) is 12.9. The molecule has 0 spiro atoms. The molecule has 0 bridgehead atoms. The van der Waals surface area contributed by atoms with E-state index in [2.05, 4.69) is 47.0 Å². The van der Waals surface area contributed by atoms with E-state index in [1.807, 2.05) is 36.4 Å². The van der Waals surface area contributed by atoms with Crippen LogP contribution in [0.2, 0.25) is 0 Å². The predicted octanol–water partition coefficient (Wildman–Crippen LogP) is 4.29. The van der Waals surface area contributed by atoms with Gasteiger partial charge in [0, 0.05) is 48.7 Å². The normalized spacial score (nSPS) is 17.6. The molecule has 1 unspecified atom stereocenters. The van der Waals surface area contributed by atoms with E-state index in [0.29, 0.717) is 23.5 Å². The average molecular weight is 491 g/mol. The Morgan fingerprint density at radius 3 is 2.64 bits per heavy atom. The summed E-state index contributed by atoms with van der Waals surface area (Å²) < 4.78 is 5.79. The molecule has 8 nitrogen and oxygen atoms in total. The van der Waals surface area contributed by atoms with Crippen LogP contribution in [0.15, 0.2) is 47.5 Å². The Morgan fingerprint density at radius 2 is 1.92 bits per heavy atom. The summed E-state index contributed by atoms with van der Waals surface area (Å²) in [5.41, 5.74) is 4.01. The minimum atomic E-state index is -0.274. The van der Waals surface area contributed by atoms with E-state index in [9.17, 15) is 4.79 Å². The summed E-state index contributed by atoms with van der Waals surface area (Å²) in [7, 11) is 0. The first kappa shape index (κ1) is 25.7. The lowest BCUT2D eigenvalue weighted by molar-refractivity contribution is 0.0122. The Bertz CT molecular complexity index is 1110. The quantitative estimate of drug-likeness (QED) is 0.293. The molecule has 192 valence electrons. The highest BCUT2D eigenvalue weighted by Crippen LogP contribution is 2.33. The van der Waals surface area contributed by atoms with Gasteiger partial charge in [-0.2, -0.15) is 4.99 Å². The maximum absolute atomic E-state index is 12.7. The number of guanidine groups is 1. The molecule has 2 aliphatic heterocycles. The van der Waals surface area contributed by atoms with E-state index in [1.54, 1.807) is 6.07 Å². The van der Waals surface area contributed by atoms with Gasteiger partial charge in [0.1, 0.15) is 5.84 Å². The molecule has 1 atom stereocenters. The van der Waals surface area contributed by atoms with Crippen LogP contribution in [-0.2, 0) is 10.2 Å². The first-order valence-electron chi connectivity index (χ1n) is 12.9. The van der Waals surface area contributed by atoms with E-state index in [0.717, 1.165) is 68.0 Å². The van der Waals surface area contributed by atoms with Gasteiger partial charge in [-0.1, -0.05) is 32.9 Å². The summed E-state index contributed by atoms with van der Waals surface area (Å²) in [6.07, 6.45) is 4.70. The second-order valence-corrected chi connectivity index (χ2v) is 10.4. The third kappa shape index (κ3) is 6.85. The zero-order valence-electron chi connectivity index (χ0n) is 21.5. The number of anilines is 2. The molecule has 0 radical (unpaired) electrons. The van der Waals surface area contributed by atoms with Crippen LogP contribution in [0.25, 0.3) is 0 Å². The number of carbonyl (C=O) groups is 1. The zero-order chi connectivity index (χ0) is 25.5. The minimum absolute atomic E-state index is 0.192. The number of ether oxygens (including phenoxy) is 1. The van der Waals surface area contributed by atoms with Crippen molar-refractivity contribution in [3.63, 3.8) is 0 Å². The Hall–Kier alpha value is -3.39. The van der Waals surface area contributed by atoms with Crippen molar-refractivity contribution in [2.45, 2.75) is 58.0 Å². The lowest BCUT2D eigenvalue weighted by atomic mass is 9.84. The molecule has 0 aromatic heterocycles. The molecule has 5 N–H and O–H groups in total. The monoisotopic (exact) mass is 490 g/mol. The van der Waals surface area contributed by atoms with Gasteiger partial charge in [0.2, 0.25) is 0 Å². The van der Waals surface area contributed by atoms with Crippen LogP contribution >= 0.6 is 0 Å². The topological polar surface area (TPSA) is 111 Å². The summed E-state index contributed by atoms with van der Waals surface area (Å²) in [4.78, 5) is 16.9. The van der Waals surface area contributed by atoms with E-state index in [-0.39, 0.29) is 11.3 Å². The molecule has 2 fully saturated rings. The average Bonchev–Trinajstić information content (AvgIpc) is 3.37. The maximum Gasteiger partial charge on any atom is 0.280 e. The van der Waals surface area contributed by atoms with Gasteiger partial charge < -0.3 is 26.0 Å². The first-order chi connectivity index (χ1) is 17.3. The fourth-order valence-corrected chi connectivity index (χ4v) is 4.48. The lowest BCUT2D eigenvalue weighted by Crippen LogP contribution is -2.29. The van der Waals surface area contributed by atoms with Crippen molar-refractivity contribution in [2.75, 3.05) is 31.6 Å². The van der Waals surface area contributed by atoms with Crippen LogP contribution in [0.4, 0.5) is 11.4 Å². The number of benzene rings is 2. The number of rotatable bonds is 7. The third-order valence-corrected chi connectivity index (χ3v) is 6.47. The molecular formula is C28H38N6O2. The van der Waals surface area contributed by atoms with Crippen molar-refractivity contribution in [2.24, 2.45) is 4.99 Å². The highest BCUT2D eigenvalue weighted by Gasteiger charge is 2.21. The molecule has 8 heteroatoms. The van der Waals surface area contributed by atoms with Crippen LogP contribution < -0.4 is 21.3 Å². The fourth-order valence-electron chi connectivity index (χ4n) is 4.48. The van der Waals surface area contributed by atoms with Gasteiger partial charge in [-0.3, -0.25) is 10.2 Å². The van der Waals surface area contributed by atoms with E-state index >= 15 is 0 Å². The molecule has 0 saturated carbocycles. The van der Waals surface area contributed by atoms with Crippen LogP contribution in [0.5, 0.6) is 0 Å². The lowest BCUT2D eigenvalue weighted by Gasteiger charge is -2.24. The summed E-state index contributed by atoms with van der Waals surface area (Å²) in [5, 5.41) is 21.4. The Kier molecular flexibility index (Phi) is 8.25. The summed E-state index contributed by atoms with van der Waals surface area (Å²) in [6.45, 7) is 9.48. The molecule has 4 rings (SSSR count). The van der Waals surface area contributed by atoms with Crippen molar-refractivity contribution in [3.8, 4) is 0 Å². The van der Waals surface area contributed by atoms with Crippen LogP contribution in [0.1, 0.15) is 67.9 Å². The van der Waals surface area contributed by atoms with Gasteiger partial charge in [0.25, 0.3) is 5.91 Å². The number of amidine groups is 1. The van der Waals surface area contributed by atoms with Gasteiger partial charge in [0.05, 0.1) is 6.10 Å². The number of hydrogen-bond acceptors (Lipinski definition) is 4. The Balaban J connectivity index is 1.45. The number of amides is 1. The van der Waals surface area contributed by atoms with E-state index in [1.165, 1.54) is 6.42 Å². The molecule has 2 aromatic rings. The van der Waals surface area contributed by atoms with Gasteiger partial charge in [-0.25, -0.2) is 0 Å². The van der Waals surface area contributed by atoms with Crippen molar-refractivity contribution in [1.82, 2.24) is 16.0 Å². The Labute approximate surface area is 213 Å². The Morgan fingerprint density at radius 1 is 1.11 bits per heavy atom. The summed E-state index contributed by atoms with van der Waals surface area (Å²) >= 11 is 0. The molecule has 2 aromatic carbocycles. The standard InChI is InChI=1S/C28H38N6O2/c1-28(2,3)23-18-20(26(35)34-27-31-14-15-32-27)10-11-24(23)33-21-8-6-7-19(17-21)25(29)30-13-12-22-9-4-5-16-36-22/h6-8,10-11,17-18,22,33H,4-5,9,12-16H2,1-3H3,(H2,29,30)(H2,31,32,34,35). The van der Waals surface area contributed by atoms with Gasteiger partial charge >= 0.3 is 0 Å². The van der Waals surface area contributed by atoms with Gasteiger partial charge in [0.15, 0.2) is 5.96 Å². The highest BCUT2D eigenvalue weighted by atomic mass is 16.5. The minimum Gasteiger partial charge on any atom is -0.378 e. The number of aliphatic imine (C=N–C) groups is 1. The highest BCUT2D eigenvalue weighted by molar-refractivity contribution is 6.03. The van der Waals surface area contributed by atoms with Gasteiger partial charge in [-0.05, 0) is 67.0 Å². The second-order valence-electron chi connectivity index (χ2n) is 10.4. The number of hydrogen-bond donors (Lipinski definition) is 5. The molecule has 2 saturated heterocycles. The smallest absolute Gasteiger partial charge is 0.280 e. The molecular weight excluding hydrogens is 452 g/mol. The number of nitrogens with zero attached hydrogens (tertiary/aromatic N) is 1. The van der Waals surface area contributed by atoms with Crippen molar-refractivity contribution in [3.05, 3.63) is 59.2 Å². The molecule has 2 heterocycles. The van der Waals surface area contributed by atoms with Crippen LogP contribution in [-0.4, -0.2) is 50.0 Å². The zero-order valence-corrected chi connectivity index (χ0v) is 21.5.